The fourth-order valence-electron chi connectivity index (χ4n) is 1.95. The number of ether oxygens (including phenoxy) is 1. The molecule has 0 aliphatic carbocycles. The van der Waals surface area contributed by atoms with Crippen LogP contribution in [0.15, 0.2) is 36.7 Å². The van der Waals surface area contributed by atoms with Gasteiger partial charge in [0.25, 0.3) is 5.69 Å². The second-order valence-corrected chi connectivity index (χ2v) is 4.64. The van der Waals surface area contributed by atoms with Gasteiger partial charge in [0.15, 0.2) is 0 Å². The highest BCUT2D eigenvalue weighted by molar-refractivity contribution is 5.34. The minimum Gasteiger partial charge on any atom is -0.383 e. The number of aromatic nitrogens is 2. The number of nitro benzene ring substituents is 1. The lowest BCUT2D eigenvalue weighted by Gasteiger charge is -2.02. The zero-order chi connectivity index (χ0) is 15.1. The first-order valence-corrected chi connectivity index (χ1v) is 6.63. The van der Waals surface area contributed by atoms with E-state index in [2.05, 4.69) is 10.4 Å². The van der Waals surface area contributed by atoms with Crippen molar-refractivity contribution in [2.45, 2.75) is 13.1 Å². The molecule has 0 radical (unpaired) electrons. The van der Waals surface area contributed by atoms with Gasteiger partial charge in [0.05, 0.1) is 24.3 Å². The Labute approximate surface area is 122 Å². The molecule has 0 bridgehead atoms. The molecular weight excluding hydrogens is 272 g/mol. The molecule has 0 aliphatic heterocycles. The van der Waals surface area contributed by atoms with Crippen molar-refractivity contribution in [2.75, 3.05) is 20.3 Å². The van der Waals surface area contributed by atoms with Gasteiger partial charge < -0.3 is 10.1 Å². The Kier molecular flexibility index (Phi) is 5.42. The van der Waals surface area contributed by atoms with E-state index in [4.69, 9.17) is 4.74 Å². The van der Waals surface area contributed by atoms with Gasteiger partial charge in [0, 0.05) is 44.1 Å². The Morgan fingerprint density at radius 3 is 3.05 bits per heavy atom. The van der Waals surface area contributed by atoms with Gasteiger partial charge in [0.2, 0.25) is 0 Å². The van der Waals surface area contributed by atoms with Gasteiger partial charge in [0.1, 0.15) is 0 Å². The maximum atomic E-state index is 10.7. The number of benzene rings is 1. The maximum Gasteiger partial charge on any atom is 0.269 e. The first-order valence-electron chi connectivity index (χ1n) is 6.63. The van der Waals surface area contributed by atoms with Crippen molar-refractivity contribution in [3.63, 3.8) is 0 Å². The highest BCUT2D eigenvalue weighted by Crippen LogP contribution is 2.14. The molecule has 0 fully saturated rings. The molecule has 1 heterocycles. The van der Waals surface area contributed by atoms with E-state index >= 15 is 0 Å². The molecule has 1 N–H and O–H groups in total. The predicted octanol–water partition coefficient (Wildman–Crippen LogP) is 1.58. The molecule has 0 saturated heterocycles. The first-order chi connectivity index (χ1) is 10.2. The quantitative estimate of drug-likeness (QED) is 0.453. The van der Waals surface area contributed by atoms with Crippen molar-refractivity contribution in [2.24, 2.45) is 0 Å². The second-order valence-electron chi connectivity index (χ2n) is 4.64. The van der Waals surface area contributed by atoms with Crippen molar-refractivity contribution >= 4 is 5.69 Å². The molecule has 1 aromatic heterocycles. The number of hydrogen-bond acceptors (Lipinski definition) is 5. The van der Waals surface area contributed by atoms with E-state index in [1.807, 2.05) is 12.3 Å². The Hall–Kier alpha value is -2.25. The second kappa shape index (κ2) is 7.51. The smallest absolute Gasteiger partial charge is 0.269 e. The highest BCUT2D eigenvalue weighted by atomic mass is 16.6. The van der Waals surface area contributed by atoms with E-state index in [0.29, 0.717) is 13.2 Å². The Morgan fingerprint density at radius 1 is 1.43 bits per heavy atom. The van der Waals surface area contributed by atoms with Crippen LogP contribution in [-0.2, 0) is 17.8 Å². The van der Waals surface area contributed by atoms with Crippen LogP contribution in [0.3, 0.4) is 0 Å². The summed E-state index contributed by atoms with van der Waals surface area (Å²) in [6, 6.07) is 6.59. The summed E-state index contributed by atoms with van der Waals surface area (Å²) in [5.74, 6) is 0. The topological polar surface area (TPSA) is 82.2 Å². The van der Waals surface area contributed by atoms with Crippen LogP contribution in [-0.4, -0.2) is 35.0 Å². The van der Waals surface area contributed by atoms with E-state index in [-0.39, 0.29) is 5.69 Å². The molecular formula is C14H18N4O3. The zero-order valence-corrected chi connectivity index (χ0v) is 11.9. The van der Waals surface area contributed by atoms with Crippen LogP contribution in [0.4, 0.5) is 5.69 Å². The van der Waals surface area contributed by atoms with Crippen molar-refractivity contribution in [3.8, 4) is 0 Å². The Morgan fingerprint density at radius 2 is 2.29 bits per heavy atom. The summed E-state index contributed by atoms with van der Waals surface area (Å²) in [5.41, 5.74) is 2.02. The van der Waals surface area contributed by atoms with Crippen LogP contribution in [0.5, 0.6) is 0 Å². The molecule has 112 valence electrons. The minimum absolute atomic E-state index is 0.0983. The van der Waals surface area contributed by atoms with E-state index in [1.165, 1.54) is 6.07 Å². The molecule has 0 aliphatic rings. The van der Waals surface area contributed by atoms with Crippen molar-refractivity contribution < 1.29 is 9.66 Å². The molecule has 2 rings (SSSR count). The number of hydrogen-bond donors (Lipinski definition) is 1. The molecule has 0 unspecified atom stereocenters. The standard InChI is InChI=1S/C14H18N4O3/c1-21-6-5-15-8-13-9-16-17(11-13)10-12-3-2-4-14(7-12)18(19)20/h2-4,7,9,11,15H,5-6,8,10H2,1H3. The number of non-ortho nitro benzene ring substituents is 1. The molecule has 0 spiro atoms. The lowest BCUT2D eigenvalue weighted by Crippen LogP contribution is -2.18. The average Bonchev–Trinajstić information content (AvgIpc) is 2.91. The molecule has 2 aromatic rings. The molecule has 21 heavy (non-hydrogen) atoms. The number of nitrogens with one attached hydrogen (secondary N) is 1. The van der Waals surface area contributed by atoms with E-state index in [1.54, 1.807) is 30.1 Å². The molecule has 0 amide bonds. The van der Waals surface area contributed by atoms with Crippen molar-refractivity contribution in [1.82, 2.24) is 15.1 Å². The summed E-state index contributed by atoms with van der Waals surface area (Å²) in [7, 11) is 1.67. The van der Waals surface area contributed by atoms with E-state index in [9.17, 15) is 10.1 Å². The summed E-state index contributed by atoms with van der Waals surface area (Å²) in [6.45, 7) is 2.69. The van der Waals surface area contributed by atoms with Gasteiger partial charge in [-0.25, -0.2) is 0 Å². The Balaban J connectivity index is 1.93. The van der Waals surface area contributed by atoms with Gasteiger partial charge in [-0.2, -0.15) is 5.10 Å². The van der Waals surface area contributed by atoms with Gasteiger partial charge >= 0.3 is 0 Å². The van der Waals surface area contributed by atoms with Crippen LogP contribution in [0, 0.1) is 10.1 Å². The fraction of sp³-hybridized carbons (Fsp3) is 0.357. The van der Waals surface area contributed by atoms with Crippen molar-refractivity contribution in [3.05, 3.63) is 57.9 Å². The number of rotatable bonds is 8. The number of nitrogens with zero attached hydrogens (tertiary/aromatic N) is 3. The lowest BCUT2D eigenvalue weighted by atomic mass is 10.2. The maximum absolute atomic E-state index is 10.7. The number of methoxy groups -OCH3 is 1. The largest absolute Gasteiger partial charge is 0.383 e. The average molecular weight is 290 g/mol. The molecule has 0 atom stereocenters. The molecule has 7 heteroatoms. The normalized spacial score (nSPS) is 10.7. The first kappa shape index (κ1) is 15.1. The summed E-state index contributed by atoms with van der Waals surface area (Å²) < 4.78 is 6.73. The third-order valence-corrected chi connectivity index (χ3v) is 2.96. The SMILES string of the molecule is COCCNCc1cnn(Cc2cccc([N+](=O)[O-])c2)c1. The minimum atomic E-state index is -0.391. The number of nitro groups is 1. The lowest BCUT2D eigenvalue weighted by molar-refractivity contribution is -0.384. The summed E-state index contributed by atoms with van der Waals surface area (Å²) in [6.07, 6.45) is 3.72. The van der Waals surface area contributed by atoms with Gasteiger partial charge in [-0.05, 0) is 5.56 Å². The monoisotopic (exact) mass is 290 g/mol. The zero-order valence-electron chi connectivity index (χ0n) is 11.9. The van der Waals surface area contributed by atoms with E-state index in [0.717, 1.165) is 24.2 Å². The summed E-state index contributed by atoms with van der Waals surface area (Å²) >= 11 is 0. The third-order valence-electron chi connectivity index (χ3n) is 2.96. The van der Waals surface area contributed by atoms with Gasteiger partial charge in [-0.1, -0.05) is 12.1 Å². The van der Waals surface area contributed by atoms with Crippen LogP contribution in [0.2, 0.25) is 0 Å². The fourth-order valence-corrected chi connectivity index (χ4v) is 1.95. The molecule has 0 saturated carbocycles. The predicted molar refractivity (Wildman–Crippen MR) is 78.0 cm³/mol. The summed E-state index contributed by atoms with van der Waals surface area (Å²) in [4.78, 5) is 10.4. The summed E-state index contributed by atoms with van der Waals surface area (Å²) in [5, 5.41) is 18.2. The Bertz CT molecular complexity index is 597. The molecule has 1 aromatic carbocycles. The van der Waals surface area contributed by atoms with Gasteiger partial charge in [-0.15, -0.1) is 0 Å². The molecule has 7 nitrogen and oxygen atoms in total. The van der Waals surface area contributed by atoms with Crippen LogP contribution < -0.4 is 5.32 Å². The highest BCUT2D eigenvalue weighted by Gasteiger charge is 2.06. The van der Waals surface area contributed by atoms with Crippen molar-refractivity contribution in [1.29, 1.82) is 0 Å². The van der Waals surface area contributed by atoms with Crippen LogP contribution in [0.25, 0.3) is 0 Å². The third kappa shape index (κ3) is 4.66. The van der Waals surface area contributed by atoms with Crippen LogP contribution >= 0.6 is 0 Å². The van der Waals surface area contributed by atoms with Crippen LogP contribution in [0.1, 0.15) is 11.1 Å². The van der Waals surface area contributed by atoms with E-state index < -0.39 is 4.92 Å². The van der Waals surface area contributed by atoms with Gasteiger partial charge in [-0.3, -0.25) is 14.8 Å².